The number of carbonyl (C=O) groups excluding carboxylic acids is 1. The number of carbonyl (C=O) groups is 1. The predicted octanol–water partition coefficient (Wildman–Crippen LogP) is 2.90. The first-order chi connectivity index (χ1) is 11.7. The Bertz CT molecular complexity index is 541. The van der Waals surface area contributed by atoms with E-state index >= 15 is 0 Å². The summed E-state index contributed by atoms with van der Waals surface area (Å²) < 4.78 is 11.4. The van der Waals surface area contributed by atoms with E-state index in [4.69, 9.17) is 9.47 Å². The molecule has 0 radical (unpaired) electrons. The van der Waals surface area contributed by atoms with Crippen LogP contribution in [0.15, 0.2) is 24.3 Å². The van der Waals surface area contributed by atoms with Gasteiger partial charge in [-0.15, -0.1) is 0 Å². The number of rotatable bonds is 4. The number of nitrogens with one attached hydrogen (secondary N) is 1. The van der Waals surface area contributed by atoms with Gasteiger partial charge in [0.05, 0.1) is 13.2 Å². The smallest absolute Gasteiger partial charge is 0.321 e. The average molecular weight is 333 g/mol. The highest BCUT2D eigenvalue weighted by molar-refractivity contribution is 5.89. The van der Waals surface area contributed by atoms with Crippen LogP contribution in [0.1, 0.15) is 26.7 Å². The molecule has 0 atom stereocenters. The van der Waals surface area contributed by atoms with Gasteiger partial charge >= 0.3 is 6.03 Å². The predicted molar refractivity (Wildman–Crippen MR) is 94.5 cm³/mol. The second kappa shape index (κ2) is 7.40. The molecule has 2 aliphatic rings. The minimum atomic E-state index is -0.442. The van der Waals surface area contributed by atoms with Crippen molar-refractivity contribution in [1.82, 2.24) is 4.90 Å². The first-order valence-corrected chi connectivity index (χ1v) is 8.84. The van der Waals surface area contributed by atoms with Crippen molar-refractivity contribution in [3.8, 4) is 0 Å². The molecule has 2 aliphatic heterocycles. The van der Waals surface area contributed by atoms with Crippen LogP contribution in [0.25, 0.3) is 0 Å². The van der Waals surface area contributed by atoms with Gasteiger partial charge in [0.2, 0.25) is 0 Å². The van der Waals surface area contributed by atoms with Crippen LogP contribution in [-0.4, -0.2) is 56.1 Å². The first kappa shape index (κ1) is 17.0. The average Bonchev–Trinajstić information content (AvgIpc) is 3.06. The Balaban J connectivity index is 1.53. The van der Waals surface area contributed by atoms with Crippen molar-refractivity contribution in [2.45, 2.75) is 32.5 Å². The van der Waals surface area contributed by atoms with Crippen LogP contribution in [0.5, 0.6) is 0 Å². The topological polar surface area (TPSA) is 54.0 Å². The summed E-state index contributed by atoms with van der Waals surface area (Å²) in [4.78, 5) is 16.5. The zero-order valence-corrected chi connectivity index (χ0v) is 14.6. The first-order valence-electron chi connectivity index (χ1n) is 8.84. The van der Waals surface area contributed by atoms with Gasteiger partial charge in [0.1, 0.15) is 0 Å². The minimum Gasteiger partial charge on any atom is -0.372 e. The molecular weight excluding hydrogens is 306 g/mol. The van der Waals surface area contributed by atoms with E-state index in [2.05, 4.69) is 24.1 Å². The Morgan fingerprint density at radius 1 is 1.12 bits per heavy atom. The lowest BCUT2D eigenvalue weighted by Gasteiger charge is -2.37. The molecular formula is C18H27N3O3. The molecule has 0 bridgehead atoms. The molecule has 2 fully saturated rings. The number of ether oxygens (including phenoxy) is 2. The molecule has 1 N–H and O–H groups in total. The van der Waals surface area contributed by atoms with E-state index in [1.807, 2.05) is 29.2 Å². The van der Waals surface area contributed by atoms with Crippen molar-refractivity contribution in [3.63, 3.8) is 0 Å². The lowest BCUT2D eigenvalue weighted by Crippen LogP contribution is -2.48. The summed E-state index contributed by atoms with van der Waals surface area (Å²) in [5, 5.41) is 2.98. The number of benzene rings is 1. The SMILES string of the molecule is CCN(CC)c1ccc(NC(=O)N2CCC3(CC2)OCCO3)cc1. The van der Waals surface area contributed by atoms with Crippen molar-refractivity contribution in [3.05, 3.63) is 24.3 Å². The summed E-state index contributed by atoms with van der Waals surface area (Å²) in [6.45, 7) is 8.85. The molecule has 132 valence electrons. The zero-order chi connectivity index (χ0) is 17.0. The fraction of sp³-hybridized carbons (Fsp3) is 0.611. The van der Waals surface area contributed by atoms with Gasteiger partial charge < -0.3 is 24.6 Å². The summed E-state index contributed by atoms with van der Waals surface area (Å²) in [5.74, 6) is -0.442. The number of piperidine rings is 1. The molecule has 0 aliphatic carbocycles. The molecule has 0 saturated carbocycles. The fourth-order valence-electron chi connectivity index (χ4n) is 3.38. The quantitative estimate of drug-likeness (QED) is 0.920. The molecule has 6 heteroatoms. The monoisotopic (exact) mass is 333 g/mol. The molecule has 0 aromatic heterocycles. The van der Waals surface area contributed by atoms with Crippen LogP contribution < -0.4 is 10.2 Å². The van der Waals surface area contributed by atoms with Crippen molar-refractivity contribution < 1.29 is 14.3 Å². The van der Waals surface area contributed by atoms with Crippen LogP contribution in [-0.2, 0) is 9.47 Å². The van der Waals surface area contributed by atoms with E-state index in [-0.39, 0.29) is 6.03 Å². The molecule has 1 aromatic carbocycles. The number of anilines is 2. The van der Waals surface area contributed by atoms with Gasteiger partial charge in [0.25, 0.3) is 0 Å². The highest BCUT2D eigenvalue weighted by Gasteiger charge is 2.40. The lowest BCUT2D eigenvalue weighted by molar-refractivity contribution is -0.181. The molecule has 1 spiro atoms. The third-order valence-corrected chi connectivity index (χ3v) is 4.87. The molecule has 0 unspecified atom stereocenters. The summed E-state index contributed by atoms with van der Waals surface area (Å²) in [5.41, 5.74) is 2.00. The van der Waals surface area contributed by atoms with E-state index in [1.165, 1.54) is 5.69 Å². The van der Waals surface area contributed by atoms with E-state index < -0.39 is 5.79 Å². The molecule has 6 nitrogen and oxygen atoms in total. The van der Waals surface area contributed by atoms with Gasteiger partial charge in [-0.2, -0.15) is 0 Å². The highest BCUT2D eigenvalue weighted by atomic mass is 16.7. The molecule has 3 rings (SSSR count). The van der Waals surface area contributed by atoms with Gasteiger partial charge in [-0.1, -0.05) is 0 Å². The van der Waals surface area contributed by atoms with Crippen LogP contribution >= 0.6 is 0 Å². The number of likely N-dealkylation sites (tertiary alicyclic amines) is 1. The van der Waals surface area contributed by atoms with Gasteiger partial charge in [-0.3, -0.25) is 0 Å². The number of urea groups is 1. The van der Waals surface area contributed by atoms with E-state index in [0.29, 0.717) is 26.3 Å². The minimum absolute atomic E-state index is 0.0570. The lowest BCUT2D eigenvalue weighted by atomic mass is 10.0. The van der Waals surface area contributed by atoms with E-state index in [1.54, 1.807) is 0 Å². The summed E-state index contributed by atoms with van der Waals surface area (Å²) >= 11 is 0. The van der Waals surface area contributed by atoms with Gasteiger partial charge in [-0.05, 0) is 38.1 Å². The molecule has 2 amide bonds. The van der Waals surface area contributed by atoms with Crippen molar-refractivity contribution in [2.24, 2.45) is 0 Å². The van der Waals surface area contributed by atoms with Gasteiger partial charge in [0.15, 0.2) is 5.79 Å². The van der Waals surface area contributed by atoms with Crippen molar-refractivity contribution >= 4 is 17.4 Å². The van der Waals surface area contributed by atoms with Crippen molar-refractivity contribution in [2.75, 3.05) is 49.6 Å². The number of nitrogens with zero attached hydrogens (tertiary/aromatic N) is 2. The summed E-state index contributed by atoms with van der Waals surface area (Å²) in [6, 6.07) is 7.96. The normalized spacial score (nSPS) is 19.5. The van der Waals surface area contributed by atoms with Crippen LogP contribution in [0, 0.1) is 0 Å². The third-order valence-electron chi connectivity index (χ3n) is 4.87. The Labute approximate surface area is 143 Å². The Morgan fingerprint density at radius 3 is 2.25 bits per heavy atom. The molecule has 1 aromatic rings. The van der Waals surface area contributed by atoms with E-state index in [0.717, 1.165) is 31.6 Å². The van der Waals surface area contributed by atoms with Gasteiger partial charge in [-0.25, -0.2) is 4.79 Å². The maximum atomic E-state index is 12.4. The third kappa shape index (κ3) is 3.65. The molecule has 2 heterocycles. The second-order valence-corrected chi connectivity index (χ2v) is 6.24. The Morgan fingerprint density at radius 2 is 1.71 bits per heavy atom. The molecule has 2 saturated heterocycles. The number of amides is 2. The van der Waals surface area contributed by atoms with Crippen LogP contribution in [0.2, 0.25) is 0 Å². The zero-order valence-electron chi connectivity index (χ0n) is 14.6. The van der Waals surface area contributed by atoms with Crippen LogP contribution in [0.4, 0.5) is 16.2 Å². The Kier molecular flexibility index (Phi) is 5.26. The summed E-state index contributed by atoms with van der Waals surface area (Å²) in [7, 11) is 0. The van der Waals surface area contributed by atoms with Crippen LogP contribution in [0.3, 0.4) is 0 Å². The highest BCUT2D eigenvalue weighted by Crippen LogP contribution is 2.31. The second-order valence-electron chi connectivity index (χ2n) is 6.24. The summed E-state index contributed by atoms with van der Waals surface area (Å²) in [6.07, 6.45) is 1.47. The fourth-order valence-corrected chi connectivity index (χ4v) is 3.38. The number of hydrogen-bond donors (Lipinski definition) is 1. The van der Waals surface area contributed by atoms with Gasteiger partial charge in [0, 0.05) is 50.4 Å². The maximum absolute atomic E-state index is 12.4. The van der Waals surface area contributed by atoms with E-state index in [9.17, 15) is 4.79 Å². The standard InChI is InChI=1S/C18H27N3O3/c1-3-20(4-2)16-7-5-15(6-8-16)19-17(22)21-11-9-18(10-12-21)23-13-14-24-18/h5-8H,3-4,9-14H2,1-2H3,(H,19,22). The Hall–Kier alpha value is -1.79. The number of hydrogen-bond acceptors (Lipinski definition) is 4. The maximum Gasteiger partial charge on any atom is 0.321 e. The van der Waals surface area contributed by atoms with Crippen molar-refractivity contribution in [1.29, 1.82) is 0 Å². The largest absolute Gasteiger partial charge is 0.372 e. The molecule has 24 heavy (non-hydrogen) atoms.